The molecule has 0 unspecified atom stereocenters. The molecule has 30 heavy (non-hydrogen) atoms. The topological polar surface area (TPSA) is 67.9 Å². The molecule has 2 aromatic rings. The van der Waals surface area contributed by atoms with Gasteiger partial charge in [-0.3, -0.25) is 14.5 Å². The summed E-state index contributed by atoms with van der Waals surface area (Å²) in [6.07, 6.45) is 1.52. The molecule has 0 atom stereocenters. The van der Waals surface area contributed by atoms with Crippen LogP contribution in [0.25, 0.3) is 5.57 Å². The van der Waals surface area contributed by atoms with E-state index in [0.29, 0.717) is 43.1 Å². The molecule has 1 heterocycles. The van der Waals surface area contributed by atoms with Crippen molar-refractivity contribution in [3.63, 3.8) is 0 Å². The van der Waals surface area contributed by atoms with Crippen molar-refractivity contribution in [1.29, 1.82) is 0 Å². The minimum absolute atomic E-state index is 0.269. The number of imide groups is 1. The molecule has 0 fully saturated rings. The first-order chi connectivity index (χ1) is 14.6. The second kappa shape index (κ2) is 10.1. The molecule has 0 aliphatic carbocycles. The van der Waals surface area contributed by atoms with Crippen molar-refractivity contribution in [2.45, 2.75) is 26.7 Å². The second-order valence-corrected chi connectivity index (χ2v) is 6.94. The molecule has 0 spiro atoms. The van der Waals surface area contributed by atoms with E-state index in [1.54, 1.807) is 19.2 Å². The van der Waals surface area contributed by atoms with Gasteiger partial charge in [-0.1, -0.05) is 37.3 Å². The third-order valence-corrected chi connectivity index (χ3v) is 5.05. The summed E-state index contributed by atoms with van der Waals surface area (Å²) in [5.41, 5.74) is 3.15. The lowest BCUT2D eigenvalue weighted by Gasteiger charge is -2.15. The van der Waals surface area contributed by atoms with Gasteiger partial charge in [-0.25, -0.2) is 0 Å². The fraction of sp³-hybridized carbons (Fsp3) is 0.333. The van der Waals surface area contributed by atoms with Gasteiger partial charge < -0.3 is 14.8 Å². The molecule has 2 amide bonds. The Kier molecular flexibility index (Phi) is 7.25. The van der Waals surface area contributed by atoms with Gasteiger partial charge in [0.05, 0.1) is 12.7 Å². The van der Waals surface area contributed by atoms with Crippen LogP contribution in [0.5, 0.6) is 5.75 Å². The Labute approximate surface area is 177 Å². The van der Waals surface area contributed by atoms with E-state index in [-0.39, 0.29) is 17.5 Å². The summed E-state index contributed by atoms with van der Waals surface area (Å²) in [4.78, 5) is 27.7. The van der Waals surface area contributed by atoms with Crippen LogP contribution in [0, 0.1) is 0 Å². The molecule has 0 radical (unpaired) electrons. The maximum Gasteiger partial charge on any atom is 0.278 e. The number of ether oxygens (including phenoxy) is 2. The molecular weight excluding hydrogens is 380 g/mol. The molecule has 2 aromatic carbocycles. The molecule has 0 saturated heterocycles. The van der Waals surface area contributed by atoms with Crippen LogP contribution in [0.1, 0.15) is 31.4 Å². The Hall–Kier alpha value is -3.12. The Morgan fingerprint density at radius 3 is 2.37 bits per heavy atom. The lowest BCUT2D eigenvalue weighted by molar-refractivity contribution is -0.137. The predicted octanol–water partition coefficient (Wildman–Crippen LogP) is 3.88. The number of methoxy groups -OCH3 is 1. The van der Waals surface area contributed by atoms with Gasteiger partial charge in [0, 0.05) is 31.0 Å². The zero-order valence-corrected chi connectivity index (χ0v) is 17.7. The van der Waals surface area contributed by atoms with Gasteiger partial charge in [0.25, 0.3) is 11.8 Å². The van der Waals surface area contributed by atoms with Crippen LogP contribution in [-0.4, -0.2) is 43.6 Å². The van der Waals surface area contributed by atoms with E-state index in [0.717, 1.165) is 12.1 Å². The SMILES string of the molecule is CCOCCCN1C(=O)C(Nc2ccc(CC)cc2)=C(c2ccccc2OC)C1=O. The number of para-hydroxylation sites is 1. The Morgan fingerprint density at radius 2 is 1.70 bits per heavy atom. The van der Waals surface area contributed by atoms with Crippen LogP contribution in [0.3, 0.4) is 0 Å². The van der Waals surface area contributed by atoms with Crippen molar-refractivity contribution in [3.05, 3.63) is 65.4 Å². The van der Waals surface area contributed by atoms with E-state index in [1.165, 1.54) is 10.5 Å². The standard InChI is InChI=1S/C24H28N2O4/c1-4-17-11-13-18(14-12-17)25-22-21(19-9-6-7-10-20(19)29-3)23(27)26(24(22)28)15-8-16-30-5-2/h6-7,9-14,25H,4-5,8,15-16H2,1-3H3. The second-order valence-electron chi connectivity index (χ2n) is 6.94. The minimum atomic E-state index is -0.336. The molecule has 1 aliphatic rings. The molecule has 158 valence electrons. The van der Waals surface area contributed by atoms with Crippen molar-refractivity contribution in [2.75, 3.05) is 32.2 Å². The zero-order valence-electron chi connectivity index (χ0n) is 17.7. The number of carbonyl (C=O) groups is 2. The number of carbonyl (C=O) groups excluding carboxylic acids is 2. The van der Waals surface area contributed by atoms with E-state index in [4.69, 9.17) is 9.47 Å². The van der Waals surface area contributed by atoms with Crippen molar-refractivity contribution >= 4 is 23.1 Å². The largest absolute Gasteiger partial charge is 0.496 e. The average molecular weight is 408 g/mol. The molecule has 0 saturated carbocycles. The summed E-state index contributed by atoms with van der Waals surface area (Å²) < 4.78 is 10.8. The summed E-state index contributed by atoms with van der Waals surface area (Å²) in [6, 6.07) is 15.1. The molecule has 1 aliphatic heterocycles. The van der Waals surface area contributed by atoms with E-state index < -0.39 is 0 Å². The summed E-state index contributed by atoms with van der Waals surface area (Å²) in [6.45, 7) is 5.41. The maximum absolute atomic E-state index is 13.3. The summed E-state index contributed by atoms with van der Waals surface area (Å²) in [5, 5.41) is 3.18. The molecular formula is C24H28N2O4. The van der Waals surface area contributed by atoms with Crippen molar-refractivity contribution in [3.8, 4) is 5.75 Å². The first-order valence-corrected chi connectivity index (χ1v) is 10.3. The van der Waals surface area contributed by atoms with Gasteiger partial charge in [-0.15, -0.1) is 0 Å². The number of hydrogen-bond acceptors (Lipinski definition) is 5. The maximum atomic E-state index is 13.3. The average Bonchev–Trinajstić information content (AvgIpc) is 3.01. The van der Waals surface area contributed by atoms with E-state index >= 15 is 0 Å². The molecule has 3 rings (SSSR count). The number of aryl methyl sites for hydroxylation is 1. The Balaban J connectivity index is 1.97. The molecule has 1 N–H and O–H groups in total. The van der Waals surface area contributed by atoms with Gasteiger partial charge in [0.15, 0.2) is 0 Å². The number of benzene rings is 2. The smallest absolute Gasteiger partial charge is 0.278 e. The van der Waals surface area contributed by atoms with Crippen LogP contribution >= 0.6 is 0 Å². The normalized spacial score (nSPS) is 13.9. The van der Waals surface area contributed by atoms with Crippen molar-refractivity contribution in [2.24, 2.45) is 0 Å². The number of anilines is 1. The molecule has 0 aromatic heterocycles. The van der Waals surface area contributed by atoms with E-state index in [9.17, 15) is 9.59 Å². The fourth-order valence-corrected chi connectivity index (χ4v) is 3.43. The highest BCUT2D eigenvalue weighted by molar-refractivity contribution is 6.37. The first-order valence-electron chi connectivity index (χ1n) is 10.3. The monoisotopic (exact) mass is 408 g/mol. The number of nitrogens with zero attached hydrogens (tertiary/aromatic N) is 1. The van der Waals surface area contributed by atoms with Crippen LogP contribution in [0.15, 0.2) is 54.2 Å². The lowest BCUT2D eigenvalue weighted by Crippen LogP contribution is -2.34. The van der Waals surface area contributed by atoms with Gasteiger partial charge in [-0.05, 0) is 43.5 Å². The third-order valence-electron chi connectivity index (χ3n) is 5.05. The number of hydrogen-bond donors (Lipinski definition) is 1. The molecule has 0 bridgehead atoms. The third kappa shape index (κ3) is 4.54. The number of rotatable bonds is 10. The van der Waals surface area contributed by atoms with Crippen LogP contribution < -0.4 is 10.1 Å². The van der Waals surface area contributed by atoms with Gasteiger partial charge >= 0.3 is 0 Å². The fourth-order valence-electron chi connectivity index (χ4n) is 3.43. The molecule has 6 nitrogen and oxygen atoms in total. The summed E-state index contributed by atoms with van der Waals surface area (Å²) in [7, 11) is 1.55. The van der Waals surface area contributed by atoms with E-state index in [2.05, 4.69) is 12.2 Å². The number of nitrogens with one attached hydrogen (secondary N) is 1. The Morgan fingerprint density at radius 1 is 0.967 bits per heavy atom. The molecule has 6 heteroatoms. The number of amides is 2. The minimum Gasteiger partial charge on any atom is -0.496 e. The summed E-state index contributed by atoms with van der Waals surface area (Å²) in [5.74, 6) is -0.115. The quantitative estimate of drug-likeness (QED) is 0.477. The highest BCUT2D eigenvalue weighted by atomic mass is 16.5. The lowest BCUT2D eigenvalue weighted by atomic mass is 10.0. The summed E-state index contributed by atoms with van der Waals surface area (Å²) >= 11 is 0. The van der Waals surface area contributed by atoms with Crippen molar-refractivity contribution < 1.29 is 19.1 Å². The van der Waals surface area contributed by atoms with Gasteiger partial charge in [0.1, 0.15) is 11.4 Å². The van der Waals surface area contributed by atoms with Gasteiger partial charge in [-0.2, -0.15) is 0 Å². The van der Waals surface area contributed by atoms with Gasteiger partial charge in [0.2, 0.25) is 0 Å². The highest BCUT2D eigenvalue weighted by Crippen LogP contribution is 2.35. The Bertz CT molecular complexity index is 934. The first kappa shape index (κ1) is 21.6. The van der Waals surface area contributed by atoms with Crippen molar-refractivity contribution in [1.82, 2.24) is 4.90 Å². The van der Waals surface area contributed by atoms with E-state index in [1.807, 2.05) is 43.3 Å². The van der Waals surface area contributed by atoms with Crippen LogP contribution in [-0.2, 0) is 20.7 Å². The van der Waals surface area contributed by atoms with Crippen LogP contribution in [0.2, 0.25) is 0 Å². The zero-order chi connectivity index (χ0) is 21.5. The highest BCUT2D eigenvalue weighted by Gasteiger charge is 2.39. The predicted molar refractivity (Wildman–Crippen MR) is 117 cm³/mol. The van der Waals surface area contributed by atoms with Crippen LogP contribution in [0.4, 0.5) is 5.69 Å².